The molecule has 13 heteroatoms. The number of aliphatic imine (C=N–C) groups is 1. The highest BCUT2D eigenvalue weighted by Gasteiger charge is 2.24. The van der Waals surface area contributed by atoms with E-state index in [9.17, 15) is 24.3 Å². The summed E-state index contributed by atoms with van der Waals surface area (Å²) in [5, 5.41) is 22.8. The van der Waals surface area contributed by atoms with Gasteiger partial charge in [0.2, 0.25) is 6.19 Å². The van der Waals surface area contributed by atoms with Crippen LogP contribution in [0.5, 0.6) is 0 Å². The van der Waals surface area contributed by atoms with Crippen molar-refractivity contribution in [2.75, 3.05) is 6.54 Å². The maximum absolute atomic E-state index is 12.4. The number of carboxylic acid groups (broad SMARTS) is 1. The average molecular weight is 568 g/mol. The SMILES string of the molecule is C.N#CN=C(N)Cc1cccc(C(=O)NCC(=O)CC[C@H](NC(=O)c2c(Cl)cccc2Cl)C(=O)O)c1.S. The summed E-state index contributed by atoms with van der Waals surface area (Å²) < 4.78 is 0. The molecule has 2 aromatic rings. The van der Waals surface area contributed by atoms with E-state index in [2.05, 4.69) is 15.6 Å². The number of carbonyl (C=O) groups is 4. The van der Waals surface area contributed by atoms with E-state index in [4.69, 9.17) is 34.2 Å². The molecule has 2 aromatic carbocycles. The molecule has 0 saturated carbocycles. The molecular weight excluding hydrogens is 541 g/mol. The smallest absolute Gasteiger partial charge is 0.326 e. The number of ketones is 1. The number of carboxylic acids is 1. The van der Waals surface area contributed by atoms with E-state index in [1.54, 1.807) is 24.4 Å². The summed E-state index contributed by atoms with van der Waals surface area (Å²) in [5.74, 6) is -2.98. The lowest BCUT2D eigenvalue weighted by molar-refractivity contribution is -0.139. The summed E-state index contributed by atoms with van der Waals surface area (Å²) >= 11 is 11.9. The Hall–Kier alpha value is -3.59. The van der Waals surface area contributed by atoms with Crippen molar-refractivity contribution >= 4 is 66.1 Å². The molecule has 2 rings (SSSR count). The number of Topliss-reactive ketones (excluding diaryl/α,β-unsaturated/α-hetero) is 1. The third-order valence-corrected chi connectivity index (χ3v) is 5.35. The number of nitrogens with one attached hydrogen (secondary N) is 2. The highest BCUT2D eigenvalue weighted by Crippen LogP contribution is 2.24. The maximum Gasteiger partial charge on any atom is 0.326 e. The third-order valence-electron chi connectivity index (χ3n) is 4.72. The van der Waals surface area contributed by atoms with E-state index in [-0.39, 0.29) is 73.7 Å². The van der Waals surface area contributed by atoms with Crippen molar-refractivity contribution in [2.24, 2.45) is 10.7 Å². The van der Waals surface area contributed by atoms with Crippen LogP contribution in [0.3, 0.4) is 0 Å². The molecule has 0 aromatic heterocycles. The van der Waals surface area contributed by atoms with Gasteiger partial charge in [0.15, 0.2) is 5.78 Å². The molecule has 37 heavy (non-hydrogen) atoms. The molecule has 0 aliphatic heterocycles. The van der Waals surface area contributed by atoms with Crippen LogP contribution in [-0.2, 0) is 16.0 Å². The van der Waals surface area contributed by atoms with Gasteiger partial charge in [0.05, 0.1) is 22.2 Å². The Bertz CT molecular complexity index is 1200. The Kier molecular flexibility index (Phi) is 14.6. The minimum Gasteiger partial charge on any atom is -0.480 e. The quantitative estimate of drug-likeness (QED) is 0.183. The van der Waals surface area contributed by atoms with Gasteiger partial charge in [-0.05, 0) is 36.2 Å². The van der Waals surface area contributed by atoms with Crippen molar-refractivity contribution in [3.05, 3.63) is 69.2 Å². The molecule has 10 nitrogen and oxygen atoms in total. The lowest BCUT2D eigenvalue weighted by atomic mass is 10.1. The van der Waals surface area contributed by atoms with Crippen LogP contribution in [0.25, 0.3) is 0 Å². The number of halogens is 2. The minimum atomic E-state index is -1.37. The minimum absolute atomic E-state index is 0. The Morgan fingerprint density at radius 3 is 2.30 bits per heavy atom. The number of benzene rings is 2. The molecule has 0 unspecified atom stereocenters. The highest BCUT2D eigenvalue weighted by atomic mass is 35.5. The summed E-state index contributed by atoms with van der Waals surface area (Å²) in [6.45, 7) is -0.336. The molecule has 0 aliphatic carbocycles. The fraction of sp³-hybridized carbons (Fsp3) is 0.250. The fourth-order valence-electron chi connectivity index (χ4n) is 3.01. The molecule has 198 valence electrons. The van der Waals surface area contributed by atoms with Crippen LogP contribution in [0, 0.1) is 11.5 Å². The first-order chi connectivity index (χ1) is 16.6. The van der Waals surface area contributed by atoms with Crippen molar-refractivity contribution in [2.45, 2.75) is 32.7 Å². The van der Waals surface area contributed by atoms with Gasteiger partial charge in [-0.1, -0.05) is 48.8 Å². The highest BCUT2D eigenvalue weighted by molar-refractivity contribution is 7.59. The van der Waals surface area contributed by atoms with E-state index in [1.807, 2.05) is 0 Å². The Morgan fingerprint density at radius 2 is 1.70 bits per heavy atom. The number of hydrogen-bond donors (Lipinski definition) is 4. The van der Waals surface area contributed by atoms with Crippen molar-refractivity contribution in [1.82, 2.24) is 10.6 Å². The molecule has 2 amide bonds. The molecule has 1 atom stereocenters. The van der Waals surface area contributed by atoms with E-state index in [0.717, 1.165) is 0 Å². The van der Waals surface area contributed by atoms with E-state index >= 15 is 0 Å². The van der Waals surface area contributed by atoms with Gasteiger partial charge in [0, 0.05) is 18.4 Å². The number of hydrogen-bond acceptors (Lipinski definition) is 6. The molecule has 0 bridgehead atoms. The van der Waals surface area contributed by atoms with Crippen LogP contribution < -0.4 is 16.4 Å². The number of amides is 2. The monoisotopic (exact) mass is 567 g/mol. The molecule has 0 heterocycles. The van der Waals surface area contributed by atoms with Crippen LogP contribution in [0.1, 0.15) is 46.5 Å². The molecule has 0 spiro atoms. The number of rotatable bonds is 11. The van der Waals surface area contributed by atoms with Gasteiger partial charge in [0.25, 0.3) is 11.8 Å². The van der Waals surface area contributed by atoms with Crippen molar-refractivity contribution in [3.63, 3.8) is 0 Å². The van der Waals surface area contributed by atoms with E-state index < -0.39 is 29.6 Å². The molecule has 0 radical (unpaired) electrons. The first-order valence-electron chi connectivity index (χ1n) is 10.2. The maximum atomic E-state index is 12.4. The topological polar surface area (TPSA) is 175 Å². The van der Waals surface area contributed by atoms with Crippen LogP contribution in [0.2, 0.25) is 10.0 Å². The normalized spacial score (nSPS) is 11.1. The Morgan fingerprint density at radius 1 is 1.08 bits per heavy atom. The van der Waals surface area contributed by atoms with Gasteiger partial charge >= 0.3 is 5.97 Å². The van der Waals surface area contributed by atoms with Gasteiger partial charge in [-0.15, -0.1) is 0 Å². The van der Waals surface area contributed by atoms with Gasteiger partial charge in [-0.3, -0.25) is 14.4 Å². The second-order valence-electron chi connectivity index (χ2n) is 7.30. The molecule has 0 saturated heterocycles. The van der Waals surface area contributed by atoms with Gasteiger partial charge in [-0.2, -0.15) is 23.7 Å². The third kappa shape index (κ3) is 10.5. The first-order valence-corrected chi connectivity index (χ1v) is 11.0. The van der Waals surface area contributed by atoms with Crippen LogP contribution >= 0.6 is 36.7 Å². The summed E-state index contributed by atoms with van der Waals surface area (Å²) in [7, 11) is 0. The lowest BCUT2D eigenvalue weighted by Crippen LogP contribution is -2.41. The number of carbonyl (C=O) groups excluding carboxylic acids is 3. The standard InChI is InChI=1S/C23H21Cl2N5O5.CH4.H2S/c24-16-5-2-6-17(25)20(16)22(33)30-18(23(34)35)8-7-15(31)11-28-21(32)14-4-1-3-13(9-14)10-19(27)29-12-26;;/h1-6,9,18H,7-8,10-11H2,(H2,27,29)(H,28,32)(H,30,33)(H,34,35);1H4;1H2/t18-;;/m0../s1. The predicted octanol–water partition coefficient (Wildman–Crippen LogP) is 3.09. The zero-order chi connectivity index (χ0) is 26.0. The Labute approximate surface area is 231 Å². The van der Waals surface area contributed by atoms with Crippen molar-refractivity contribution in [3.8, 4) is 6.19 Å². The first kappa shape index (κ1) is 33.4. The summed E-state index contributed by atoms with van der Waals surface area (Å²) in [6.07, 6.45) is 1.34. The van der Waals surface area contributed by atoms with Crippen molar-refractivity contribution in [1.29, 1.82) is 5.26 Å². The molecule has 5 N–H and O–H groups in total. The summed E-state index contributed by atoms with van der Waals surface area (Å²) in [5.41, 5.74) is 6.46. The number of amidine groups is 1. The largest absolute Gasteiger partial charge is 0.480 e. The van der Waals surface area contributed by atoms with Crippen molar-refractivity contribution < 1.29 is 24.3 Å². The van der Waals surface area contributed by atoms with Gasteiger partial charge < -0.3 is 21.5 Å². The number of nitriles is 1. The molecular formula is C24H27Cl2N5O5S. The van der Waals surface area contributed by atoms with Gasteiger partial charge in [0.1, 0.15) is 11.9 Å². The predicted molar refractivity (Wildman–Crippen MR) is 146 cm³/mol. The second-order valence-corrected chi connectivity index (χ2v) is 8.12. The number of aliphatic carboxylic acids is 1. The average Bonchev–Trinajstić information content (AvgIpc) is 2.80. The van der Waals surface area contributed by atoms with Crippen LogP contribution in [0.15, 0.2) is 47.5 Å². The van der Waals surface area contributed by atoms with E-state index in [1.165, 1.54) is 24.3 Å². The number of nitrogens with zero attached hydrogens (tertiary/aromatic N) is 2. The lowest BCUT2D eigenvalue weighted by Gasteiger charge is -2.15. The fourth-order valence-corrected chi connectivity index (χ4v) is 3.58. The second kappa shape index (κ2) is 16.2. The molecule has 0 fully saturated rings. The van der Waals surface area contributed by atoms with Crippen LogP contribution in [-0.4, -0.2) is 47.1 Å². The Balaban J connectivity index is 0.00000648. The zero-order valence-corrected chi connectivity index (χ0v) is 21.3. The van der Waals surface area contributed by atoms with Gasteiger partial charge in [-0.25, -0.2) is 4.79 Å². The zero-order valence-electron chi connectivity index (χ0n) is 18.8. The molecule has 0 aliphatic rings. The summed E-state index contributed by atoms with van der Waals surface area (Å²) in [4.78, 5) is 52.0. The number of nitrogens with two attached hydrogens (primary N) is 1. The van der Waals surface area contributed by atoms with E-state index in [0.29, 0.717) is 5.56 Å². The summed E-state index contributed by atoms with van der Waals surface area (Å²) in [6, 6.07) is 9.47. The van der Waals surface area contributed by atoms with Crippen LogP contribution in [0.4, 0.5) is 0 Å².